The SMILES string of the molecule is Cl.O=C(O)Cc1cnc(N2CCOCC2)nc1. The van der Waals surface area contributed by atoms with Gasteiger partial charge in [-0.3, -0.25) is 4.79 Å². The van der Waals surface area contributed by atoms with Crippen LogP contribution in [0.3, 0.4) is 0 Å². The second-order valence-corrected chi connectivity index (χ2v) is 3.56. The largest absolute Gasteiger partial charge is 0.481 e. The van der Waals surface area contributed by atoms with Crippen molar-refractivity contribution in [1.29, 1.82) is 0 Å². The molecule has 1 aliphatic rings. The minimum atomic E-state index is -0.872. The molecule has 0 unspecified atom stereocenters. The predicted octanol–water partition coefficient (Wildman–Crippen LogP) is 0.362. The summed E-state index contributed by atoms with van der Waals surface area (Å²) in [5.74, 6) is -0.236. The topological polar surface area (TPSA) is 75.5 Å². The molecule has 7 heteroatoms. The van der Waals surface area contributed by atoms with E-state index >= 15 is 0 Å². The Hall–Kier alpha value is -1.40. The van der Waals surface area contributed by atoms with Crippen LogP contribution in [-0.4, -0.2) is 47.3 Å². The fourth-order valence-electron chi connectivity index (χ4n) is 1.54. The highest BCUT2D eigenvalue weighted by molar-refractivity contribution is 5.85. The molecule has 6 nitrogen and oxygen atoms in total. The average molecular weight is 260 g/mol. The third-order valence-corrected chi connectivity index (χ3v) is 2.34. The minimum absolute atomic E-state index is 0. The molecule has 0 aliphatic carbocycles. The number of anilines is 1. The fourth-order valence-corrected chi connectivity index (χ4v) is 1.54. The van der Waals surface area contributed by atoms with E-state index < -0.39 is 5.97 Å². The zero-order chi connectivity index (χ0) is 11.4. The predicted molar refractivity (Wildman–Crippen MR) is 63.7 cm³/mol. The molecule has 0 atom stereocenters. The lowest BCUT2D eigenvalue weighted by atomic mass is 10.2. The Morgan fingerprint density at radius 3 is 2.47 bits per heavy atom. The van der Waals surface area contributed by atoms with Gasteiger partial charge in [0.15, 0.2) is 0 Å². The molecule has 2 rings (SSSR count). The van der Waals surface area contributed by atoms with Crippen molar-refractivity contribution >= 4 is 24.3 Å². The first-order chi connectivity index (χ1) is 7.75. The first-order valence-corrected chi connectivity index (χ1v) is 5.11. The highest BCUT2D eigenvalue weighted by Crippen LogP contribution is 2.09. The molecule has 0 amide bonds. The van der Waals surface area contributed by atoms with Crippen molar-refractivity contribution in [2.75, 3.05) is 31.2 Å². The van der Waals surface area contributed by atoms with Crippen molar-refractivity contribution in [2.24, 2.45) is 0 Å². The summed E-state index contributed by atoms with van der Waals surface area (Å²) < 4.78 is 5.22. The van der Waals surface area contributed by atoms with Crippen LogP contribution in [0.15, 0.2) is 12.4 Å². The van der Waals surface area contributed by atoms with Crippen LogP contribution >= 0.6 is 12.4 Å². The summed E-state index contributed by atoms with van der Waals surface area (Å²) in [7, 11) is 0. The van der Waals surface area contributed by atoms with Gasteiger partial charge in [0.25, 0.3) is 0 Å². The van der Waals surface area contributed by atoms with E-state index in [0.29, 0.717) is 24.7 Å². The van der Waals surface area contributed by atoms with E-state index in [4.69, 9.17) is 9.84 Å². The highest BCUT2D eigenvalue weighted by Gasteiger charge is 2.13. The Kier molecular flexibility index (Phi) is 5.11. The second kappa shape index (κ2) is 6.36. The van der Waals surface area contributed by atoms with E-state index in [0.717, 1.165) is 13.1 Å². The number of nitrogens with zero attached hydrogens (tertiary/aromatic N) is 3. The zero-order valence-electron chi connectivity index (χ0n) is 9.20. The van der Waals surface area contributed by atoms with Crippen molar-refractivity contribution in [3.8, 4) is 0 Å². The zero-order valence-corrected chi connectivity index (χ0v) is 10.0. The average Bonchev–Trinajstić information content (AvgIpc) is 2.30. The number of hydrogen-bond donors (Lipinski definition) is 1. The molecular formula is C10H14ClN3O3. The molecule has 17 heavy (non-hydrogen) atoms. The van der Waals surface area contributed by atoms with Crippen molar-refractivity contribution in [1.82, 2.24) is 9.97 Å². The third-order valence-electron chi connectivity index (χ3n) is 2.34. The van der Waals surface area contributed by atoms with E-state index in [1.807, 2.05) is 4.90 Å². The molecule has 0 radical (unpaired) electrons. The van der Waals surface area contributed by atoms with E-state index in [1.165, 1.54) is 0 Å². The molecule has 1 aliphatic heterocycles. The maximum absolute atomic E-state index is 10.5. The maximum Gasteiger partial charge on any atom is 0.307 e. The van der Waals surface area contributed by atoms with Crippen LogP contribution < -0.4 is 4.90 Å². The summed E-state index contributed by atoms with van der Waals surface area (Å²) >= 11 is 0. The van der Waals surface area contributed by atoms with Gasteiger partial charge in [0, 0.05) is 31.0 Å². The molecule has 1 saturated heterocycles. The minimum Gasteiger partial charge on any atom is -0.481 e. The van der Waals surface area contributed by atoms with Crippen molar-refractivity contribution in [2.45, 2.75) is 6.42 Å². The summed E-state index contributed by atoms with van der Waals surface area (Å²) in [6.07, 6.45) is 3.08. The van der Waals surface area contributed by atoms with Gasteiger partial charge >= 0.3 is 5.97 Å². The van der Waals surface area contributed by atoms with Crippen molar-refractivity contribution < 1.29 is 14.6 Å². The highest BCUT2D eigenvalue weighted by atomic mass is 35.5. The molecule has 0 spiro atoms. The van der Waals surface area contributed by atoms with Crippen LogP contribution in [0.1, 0.15) is 5.56 Å². The van der Waals surface area contributed by atoms with Crippen molar-refractivity contribution in [3.63, 3.8) is 0 Å². The molecule has 1 aromatic rings. The van der Waals surface area contributed by atoms with Gasteiger partial charge in [0.2, 0.25) is 5.95 Å². The molecule has 0 saturated carbocycles. The Balaban J connectivity index is 0.00000144. The Morgan fingerprint density at radius 2 is 1.94 bits per heavy atom. The van der Waals surface area contributed by atoms with Gasteiger partial charge in [-0.05, 0) is 0 Å². The number of hydrogen-bond acceptors (Lipinski definition) is 5. The molecule has 1 aromatic heterocycles. The Labute approximate surface area is 105 Å². The lowest BCUT2D eigenvalue weighted by molar-refractivity contribution is -0.136. The number of aliphatic carboxylic acids is 1. The smallest absolute Gasteiger partial charge is 0.307 e. The number of carbonyl (C=O) groups is 1. The number of ether oxygens (including phenoxy) is 1. The van der Waals surface area contributed by atoms with Crippen LogP contribution in [0, 0.1) is 0 Å². The number of rotatable bonds is 3. The Morgan fingerprint density at radius 1 is 1.35 bits per heavy atom. The number of carboxylic acid groups (broad SMARTS) is 1. The Bertz CT molecular complexity index is 366. The normalized spacial score (nSPS) is 15.2. The number of aromatic nitrogens is 2. The van der Waals surface area contributed by atoms with Gasteiger partial charge in [-0.1, -0.05) is 0 Å². The maximum atomic E-state index is 10.5. The molecule has 94 valence electrons. The van der Waals surface area contributed by atoms with Gasteiger partial charge in [-0.2, -0.15) is 0 Å². The van der Waals surface area contributed by atoms with E-state index in [1.54, 1.807) is 12.4 Å². The van der Waals surface area contributed by atoms with Gasteiger partial charge in [-0.15, -0.1) is 12.4 Å². The van der Waals surface area contributed by atoms with Gasteiger partial charge in [0.05, 0.1) is 19.6 Å². The third kappa shape index (κ3) is 3.83. The number of morpholine rings is 1. The first-order valence-electron chi connectivity index (χ1n) is 5.11. The molecular weight excluding hydrogens is 246 g/mol. The summed E-state index contributed by atoms with van der Waals surface area (Å²) in [6, 6.07) is 0. The number of carboxylic acids is 1. The summed E-state index contributed by atoms with van der Waals surface area (Å²) in [5, 5.41) is 8.60. The van der Waals surface area contributed by atoms with Gasteiger partial charge < -0.3 is 14.7 Å². The summed E-state index contributed by atoms with van der Waals surface area (Å²) in [4.78, 5) is 20.8. The number of halogens is 1. The van der Waals surface area contributed by atoms with Gasteiger partial charge in [0.1, 0.15) is 0 Å². The van der Waals surface area contributed by atoms with Gasteiger partial charge in [-0.25, -0.2) is 9.97 Å². The fraction of sp³-hybridized carbons (Fsp3) is 0.500. The second-order valence-electron chi connectivity index (χ2n) is 3.56. The van der Waals surface area contributed by atoms with E-state index in [2.05, 4.69) is 9.97 Å². The van der Waals surface area contributed by atoms with Crippen LogP contribution in [0.2, 0.25) is 0 Å². The molecule has 1 N–H and O–H groups in total. The molecule has 0 bridgehead atoms. The lowest BCUT2D eigenvalue weighted by Crippen LogP contribution is -2.37. The lowest BCUT2D eigenvalue weighted by Gasteiger charge is -2.26. The summed E-state index contributed by atoms with van der Waals surface area (Å²) in [6.45, 7) is 2.91. The quantitative estimate of drug-likeness (QED) is 0.845. The molecule has 1 fully saturated rings. The van der Waals surface area contributed by atoms with E-state index in [-0.39, 0.29) is 18.8 Å². The molecule has 0 aromatic carbocycles. The summed E-state index contributed by atoms with van der Waals surface area (Å²) in [5.41, 5.74) is 0.615. The van der Waals surface area contributed by atoms with Crippen LogP contribution in [0.25, 0.3) is 0 Å². The van der Waals surface area contributed by atoms with E-state index in [9.17, 15) is 4.79 Å². The molecule has 2 heterocycles. The monoisotopic (exact) mass is 259 g/mol. The van der Waals surface area contributed by atoms with Crippen LogP contribution in [0.4, 0.5) is 5.95 Å². The van der Waals surface area contributed by atoms with Crippen LogP contribution in [-0.2, 0) is 16.0 Å². The van der Waals surface area contributed by atoms with Crippen molar-refractivity contribution in [3.05, 3.63) is 18.0 Å². The standard InChI is InChI=1S/C10H13N3O3.ClH/c14-9(15)5-8-6-11-10(12-7-8)13-1-3-16-4-2-13;/h6-7H,1-5H2,(H,14,15);1H. The first kappa shape index (κ1) is 13.7. The van der Waals surface area contributed by atoms with Crippen LogP contribution in [0.5, 0.6) is 0 Å².